The van der Waals surface area contributed by atoms with Gasteiger partial charge in [-0.25, -0.2) is 0 Å². The second-order valence-electron chi connectivity index (χ2n) is 4.91. The van der Waals surface area contributed by atoms with Gasteiger partial charge >= 0.3 is 7.12 Å². The SMILES string of the molecule is C[Si](C)(/C=C/B1OCCCO1)c1ccccc1. The third-order valence-corrected chi connectivity index (χ3v) is 5.89. The summed E-state index contributed by atoms with van der Waals surface area (Å²) in [5.41, 5.74) is 2.30. The predicted molar refractivity (Wildman–Crippen MR) is 75.0 cm³/mol. The zero-order chi connectivity index (χ0) is 12.1. The fraction of sp³-hybridized carbons (Fsp3) is 0.385. The molecule has 0 N–H and O–H groups in total. The summed E-state index contributed by atoms with van der Waals surface area (Å²) in [6, 6.07) is 10.7. The van der Waals surface area contributed by atoms with E-state index < -0.39 is 8.07 Å². The van der Waals surface area contributed by atoms with E-state index >= 15 is 0 Å². The van der Waals surface area contributed by atoms with E-state index in [0.29, 0.717) is 0 Å². The van der Waals surface area contributed by atoms with Gasteiger partial charge in [0.2, 0.25) is 0 Å². The van der Waals surface area contributed by atoms with Gasteiger partial charge in [0.25, 0.3) is 0 Å². The summed E-state index contributed by atoms with van der Waals surface area (Å²) in [7, 11) is -1.64. The van der Waals surface area contributed by atoms with Crippen LogP contribution in [0.1, 0.15) is 6.42 Å². The van der Waals surface area contributed by atoms with Gasteiger partial charge in [0.1, 0.15) is 8.07 Å². The summed E-state index contributed by atoms with van der Waals surface area (Å²) in [6.45, 7) is 6.29. The van der Waals surface area contributed by atoms with Crippen LogP contribution < -0.4 is 5.19 Å². The van der Waals surface area contributed by atoms with E-state index in [9.17, 15) is 0 Å². The average molecular weight is 246 g/mol. The van der Waals surface area contributed by atoms with Crippen LogP contribution >= 0.6 is 0 Å². The quantitative estimate of drug-likeness (QED) is 0.761. The van der Waals surface area contributed by atoms with Gasteiger partial charge in [-0.15, -0.1) is 0 Å². The molecule has 0 amide bonds. The van der Waals surface area contributed by atoms with Crippen LogP contribution in [-0.4, -0.2) is 28.4 Å². The molecule has 1 fully saturated rings. The predicted octanol–water partition coefficient (Wildman–Crippen LogP) is 2.16. The smallest absolute Gasteiger partial charge is 0.408 e. The second kappa shape index (κ2) is 5.67. The first-order valence-corrected chi connectivity index (χ1v) is 9.24. The Balaban J connectivity index is 2.03. The van der Waals surface area contributed by atoms with Gasteiger partial charge in [-0.05, 0) is 6.42 Å². The average Bonchev–Trinajstić information content (AvgIpc) is 2.39. The van der Waals surface area contributed by atoms with Crippen molar-refractivity contribution >= 4 is 20.4 Å². The van der Waals surface area contributed by atoms with Crippen molar-refractivity contribution < 1.29 is 9.31 Å². The summed E-state index contributed by atoms with van der Waals surface area (Å²) < 4.78 is 11.0. The van der Waals surface area contributed by atoms with Crippen molar-refractivity contribution in [2.45, 2.75) is 19.5 Å². The Morgan fingerprint density at radius 2 is 1.76 bits per heavy atom. The molecule has 4 heteroatoms. The highest BCUT2D eigenvalue weighted by atomic mass is 28.3. The Labute approximate surface area is 105 Å². The molecule has 1 heterocycles. The minimum absolute atomic E-state index is 0.140. The maximum Gasteiger partial charge on any atom is 0.485 e. The van der Waals surface area contributed by atoms with Gasteiger partial charge in [0.15, 0.2) is 0 Å². The van der Waals surface area contributed by atoms with Crippen LogP contribution in [-0.2, 0) is 9.31 Å². The molecule has 2 nitrogen and oxygen atoms in total. The van der Waals surface area contributed by atoms with Gasteiger partial charge in [0.05, 0.1) is 0 Å². The Bertz CT molecular complexity index is 372. The Morgan fingerprint density at radius 1 is 1.12 bits per heavy atom. The fourth-order valence-electron chi connectivity index (χ4n) is 1.90. The van der Waals surface area contributed by atoms with Gasteiger partial charge in [-0.3, -0.25) is 0 Å². The first kappa shape index (κ1) is 12.6. The zero-order valence-electron chi connectivity index (χ0n) is 10.6. The lowest BCUT2D eigenvalue weighted by molar-refractivity contribution is 0.142. The van der Waals surface area contributed by atoms with Gasteiger partial charge in [0, 0.05) is 13.2 Å². The molecule has 1 aromatic rings. The van der Waals surface area contributed by atoms with Gasteiger partial charge in [-0.2, -0.15) is 0 Å². The maximum atomic E-state index is 5.52. The molecule has 1 aliphatic heterocycles. The van der Waals surface area contributed by atoms with Crippen molar-refractivity contribution in [2.24, 2.45) is 0 Å². The molecule has 0 saturated carbocycles. The standard InChI is InChI=1S/C13H19BO2Si/c1-17(2,13-7-4-3-5-8-13)12-9-14-15-10-6-11-16-14/h3-5,7-9,12H,6,10-11H2,1-2H3/b12-9+. The molecule has 1 aliphatic rings. The van der Waals surface area contributed by atoms with Crippen LogP contribution in [0, 0.1) is 0 Å². The Kier molecular flexibility index (Phi) is 4.21. The highest BCUT2D eigenvalue weighted by Crippen LogP contribution is 2.08. The van der Waals surface area contributed by atoms with E-state index in [4.69, 9.17) is 9.31 Å². The monoisotopic (exact) mass is 246 g/mol. The first-order chi connectivity index (χ1) is 8.18. The largest absolute Gasteiger partial charge is 0.485 e. The fourth-order valence-corrected chi connectivity index (χ4v) is 3.78. The molecule has 0 radical (unpaired) electrons. The Hall–Kier alpha value is -0.838. The van der Waals surface area contributed by atoms with Crippen molar-refractivity contribution in [3.05, 3.63) is 42.0 Å². The third kappa shape index (κ3) is 3.56. The van der Waals surface area contributed by atoms with E-state index in [0.717, 1.165) is 19.6 Å². The summed E-state index contributed by atoms with van der Waals surface area (Å²) >= 11 is 0. The molecule has 0 atom stereocenters. The van der Waals surface area contributed by atoms with Crippen molar-refractivity contribution in [3.8, 4) is 0 Å². The van der Waals surface area contributed by atoms with E-state index in [2.05, 4.69) is 55.1 Å². The molecule has 0 aromatic heterocycles. The van der Waals surface area contributed by atoms with Gasteiger partial charge < -0.3 is 9.31 Å². The lowest BCUT2D eigenvalue weighted by atomic mass is 9.90. The number of hydrogen-bond acceptors (Lipinski definition) is 2. The van der Waals surface area contributed by atoms with Crippen LogP contribution in [0.15, 0.2) is 42.0 Å². The molecule has 0 bridgehead atoms. The molecule has 1 saturated heterocycles. The number of hydrogen-bond donors (Lipinski definition) is 0. The Morgan fingerprint density at radius 3 is 2.41 bits per heavy atom. The first-order valence-electron chi connectivity index (χ1n) is 6.16. The highest BCUT2D eigenvalue weighted by molar-refractivity contribution is 6.94. The summed E-state index contributed by atoms with van der Waals surface area (Å²) in [5.74, 6) is 2.08. The summed E-state index contributed by atoms with van der Waals surface area (Å²) in [6.07, 6.45) is 1.00. The topological polar surface area (TPSA) is 18.5 Å². The molecule has 0 spiro atoms. The van der Waals surface area contributed by atoms with Crippen molar-refractivity contribution in [1.82, 2.24) is 0 Å². The van der Waals surface area contributed by atoms with Crippen molar-refractivity contribution in [2.75, 3.05) is 13.2 Å². The number of benzene rings is 1. The van der Waals surface area contributed by atoms with Crippen LogP contribution in [0.2, 0.25) is 13.1 Å². The molecule has 90 valence electrons. The zero-order valence-corrected chi connectivity index (χ0v) is 11.6. The van der Waals surface area contributed by atoms with Crippen LogP contribution in [0.4, 0.5) is 0 Å². The van der Waals surface area contributed by atoms with Crippen molar-refractivity contribution in [3.63, 3.8) is 0 Å². The van der Waals surface area contributed by atoms with Gasteiger partial charge in [-0.1, -0.05) is 60.3 Å². The maximum absolute atomic E-state index is 5.52. The second-order valence-corrected chi connectivity index (χ2v) is 9.26. The van der Waals surface area contributed by atoms with Crippen LogP contribution in [0.5, 0.6) is 0 Å². The van der Waals surface area contributed by atoms with E-state index in [1.165, 1.54) is 5.19 Å². The molecule has 2 rings (SSSR count). The van der Waals surface area contributed by atoms with Crippen LogP contribution in [0.25, 0.3) is 0 Å². The molecular formula is C13H19BO2Si. The molecule has 0 unspecified atom stereocenters. The number of rotatable bonds is 3. The molecule has 17 heavy (non-hydrogen) atoms. The summed E-state index contributed by atoms with van der Waals surface area (Å²) in [5, 5.41) is 1.44. The minimum Gasteiger partial charge on any atom is -0.408 e. The van der Waals surface area contributed by atoms with E-state index in [1.54, 1.807) is 0 Å². The van der Waals surface area contributed by atoms with Crippen molar-refractivity contribution in [1.29, 1.82) is 0 Å². The molecule has 1 aromatic carbocycles. The minimum atomic E-state index is -1.50. The summed E-state index contributed by atoms with van der Waals surface area (Å²) in [4.78, 5) is 0. The highest BCUT2D eigenvalue weighted by Gasteiger charge is 2.23. The van der Waals surface area contributed by atoms with E-state index in [1.807, 2.05) is 0 Å². The lowest BCUT2D eigenvalue weighted by Gasteiger charge is -2.21. The lowest BCUT2D eigenvalue weighted by Crippen LogP contribution is -2.40. The van der Waals surface area contributed by atoms with Crippen LogP contribution in [0.3, 0.4) is 0 Å². The molecule has 0 aliphatic carbocycles. The third-order valence-electron chi connectivity index (χ3n) is 3.04. The van der Waals surface area contributed by atoms with E-state index in [-0.39, 0.29) is 7.12 Å². The normalized spacial score (nSPS) is 17.6. The molecular weight excluding hydrogens is 227 g/mol.